The van der Waals surface area contributed by atoms with Crippen molar-refractivity contribution in [3.8, 4) is 11.1 Å². The Bertz CT molecular complexity index is 909. The van der Waals surface area contributed by atoms with E-state index < -0.39 is 0 Å². The third kappa shape index (κ3) is 2.91. The van der Waals surface area contributed by atoms with Crippen LogP contribution in [0, 0.1) is 0 Å². The van der Waals surface area contributed by atoms with E-state index in [2.05, 4.69) is 77.7 Å². The van der Waals surface area contributed by atoms with E-state index in [9.17, 15) is 0 Å². The molecule has 3 aromatic rings. The predicted molar refractivity (Wildman–Crippen MR) is 108 cm³/mol. The van der Waals surface area contributed by atoms with Crippen LogP contribution in [0.25, 0.3) is 11.1 Å². The van der Waals surface area contributed by atoms with Crippen LogP contribution in [0.1, 0.15) is 16.7 Å². The summed E-state index contributed by atoms with van der Waals surface area (Å²) in [6.07, 6.45) is 1.09. The van der Waals surface area contributed by atoms with Crippen LogP contribution in [0.4, 0.5) is 5.69 Å². The molecule has 130 valence electrons. The van der Waals surface area contributed by atoms with Gasteiger partial charge in [-0.2, -0.15) is 0 Å². The third-order valence-electron chi connectivity index (χ3n) is 5.90. The van der Waals surface area contributed by atoms with Crippen molar-refractivity contribution in [2.75, 3.05) is 31.1 Å². The molecule has 1 saturated heterocycles. The Morgan fingerprint density at radius 3 is 2.31 bits per heavy atom. The molecule has 0 radical (unpaired) electrons. The SMILES string of the molecule is c1ccc(N2CC[NH+](Cc3ccc4c(c3)Cc3ccccc3-4)CC2)cc1. The Morgan fingerprint density at radius 2 is 1.46 bits per heavy atom. The van der Waals surface area contributed by atoms with Gasteiger partial charge in [0.1, 0.15) is 6.54 Å². The van der Waals surface area contributed by atoms with Crippen LogP contribution >= 0.6 is 0 Å². The number of hydrogen-bond acceptors (Lipinski definition) is 1. The summed E-state index contributed by atoms with van der Waals surface area (Å²) in [5.41, 5.74) is 8.70. The fraction of sp³-hybridized carbons (Fsp3) is 0.250. The van der Waals surface area contributed by atoms with E-state index in [1.165, 1.54) is 46.6 Å². The molecule has 0 bridgehead atoms. The first-order chi connectivity index (χ1) is 12.9. The van der Waals surface area contributed by atoms with E-state index in [0.717, 1.165) is 26.1 Å². The molecule has 2 aliphatic rings. The van der Waals surface area contributed by atoms with Crippen LogP contribution in [0.3, 0.4) is 0 Å². The molecule has 1 N–H and O–H groups in total. The van der Waals surface area contributed by atoms with Crippen molar-refractivity contribution < 1.29 is 4.90 Å². The number of para-hydroxylation sites is 1. The number of benzene rings is 3. The van der Waals surface area contributed by atoms with Crippen molar-refractivity contribution in [3.63, 3.8) is 0 Å². The average Bonchev–Trinajstić information content (AvgIpc) is 3.07. The van der Waals surface area contributed by atoms with E-state index in [1.807, 2.05) is 0 Å². The summed E-state index contributed by atoms with van der Waals surface area (Å²) in [4.78, 5) is 4.22. The normalized spacial score (nSPS) is 16.4. The minimum absolute atomic E-state index is 1.09. The first-order valence-electron chi connectivity index (χ1n) is 9.70. The van der Waals surface area contributed by atoms with Gasteiger partial charge in [0.05, 0.1) is 26.2 Å². The molecule has 0 saturated carbocycles. The van der Waals surface area contributed by atoms with Crippen molar-refractivity contribution in [3.05, 3.63) is 89.5 Å². The molecule has 1 heterocycles. The Hall–Kier alpha value is -2.58. The highest BCUT2D eigenvalue weighted by atomic mass is 15.3. The summed E-state index contributed by atoms with van der Waals surface area (Å²) in [5.74, 6) is 0. The van der Waals surface area contributed by atoms with Crippen molar-refractivity contribution in [2.45, 2.75) is 13.0 Å². The number of fused-ring (bicyclic) bond motifs is 3. The third-order valence-corrected chi connectivity index (χ3v) is 5.90. The predicted octanol–water partition coefficient (Wildman–Crippen LogP) is 3.16. The number of rotatable bonds is 3. The summed E-state index contributed by atoms with van der Waals surface area (Å²) >= 11 is 0. The highest BCUT2D eigenvalue weighted by Gasteiger charge is 2.22. The summed E-state index contributed by atoms with van der Waals surface area (Å²) in [7, 11) is 0. The van der Waals surface area contributed by atoms with Crippen molar-refractivity contribution in [1.82, 2.24) is 0 Å². The molecular weight excluding hydrogens is 316 g/mol. The fourth-order valence-corrected chi connectivity index (χ4v) is 4.49. The Kier molecular flexibility index (Phi) is 3.99. The minimum Gasteiger partial charge on any atom is -0.360 e. The lowest BCUT2D eigenvalue weighted by Gasteiger charge is -2.33. The maximum atomic E-state index is 2.52. The topological polar surface area (TPSA) is 7.68 Å². The molecule has 3 aromatic carbocycles. The van der Waals surface area contributed by atoms with E-state index in [1.54, 1.807) is 4.90 Å². The zero-order valence-electron chi connectivity index (χ0n) is 15.1. The molecule has 26 heavy (non-hydrogen) atoms. The monoisotopic (exact) mass is 341 g/mol. The summed E-state index contributed by atoms with van der Waals surface area (Å²) in [5, 5.41) is 0. The number of quaternary nitrogens is 1. The standard InChI is InChI=1S/C24H24N2/c1-2-7-22(8-3-1)26-14-12-25(13-15-26)18-19-10-11-24-21(16-19)17-20-6-4-5-9-23(20)24/h1-11,16H,12-15,17-18H2/p+1. The Balaban J connectivity index is 1.25. The van der Waals surface area contributed by atoms with Crippen molar-refractivity contribution >= 4 is 5.69 Å². The Labute approximate surface area is 155 Å². The first-order valence-corrected chi connectivity index (χ1v) is 9.70. The molecule has 2 heteroatoms. The zero-order chi connectivity index (χ0) is 17.3. The van der Waals surface area contributed by atoms with Gasteiger partial charge in [-0.25, -0.2) is 0 Å². The summed E-state index contributed by atoms with van der Waals surface area (Å²) in [6, 6.07) is 26.8. The highest BCUT2D eigenvalue weighted by Crippen LogP contribution is 2.36. The van der Waals surface area contributed by atoms with Crippen LogP contribution in [0.5, 0.6) is 0 Å². The lowest BCUT2D eigenvalue weighted by Crippen LogP contribution is -3.13. The van der Waals surface area contributed by atoms with Crippen molar-refractivity contribution in [1.29, 1.82) is 0 Å². The van der Waals surface area contributed by atoms with Crippen molar-refractivity contribution in [2.24, 2.45) is 0 Å². The van der Waals surface area contributed by atoms with Gasteiger partial charge in [0.15, 0.2) is 0 Å². The molecule has 0 unspecified atom stereocenters. The van der Waals surface area contributed by atoms with Gasteiger partial charge in [-0.15, -0.1) is 0 Å². The van der Waals surface area contributed by atoms with Gasteiger partial charge in [-0.05, 0) is 46.9 Å². The van der Waals surface area contributed by atoms with Crippen LogP contribution in [-0.4, -0.2) is 26.2 Å². The molecule has 0 aromatic heterocycles. The van der Waals surface area contributed by atoms with Gasteiger partial charge >= 0.3 is 0 Å². The van der Waals surface area contributed by atoms with Gasteiger partial charge in [0.2, 0.25) is 0 Å². The van der Waals surface area contributed by atoms with Crippen LogP contribution in [0.2, 0.25) is 0 Å². The molecule has 0 atom stereocenters. The smallest absolute Gasteiger partial charge is 0.103 e. The number of anilines is 1. The minimum atomic E-state index is 1.09. The zero-order valence-corrected chi connectivity index (χ0v) is 15.1. The molecular formula is C24H25N2+. The average molecular weight is 341 g/mol. The molecule has 0 amide bonds. The molecule has 0 spiro atoms. The van der Waals surface area contributed by atoms with Crippen LogP contribution in [0.15, 0.2) is 72.8 Å². The van der Waals surface area contributed by atoms with Gasteiger partial charge in [-0.3, -0.25) is 0 Å². The van der Waals surface area contributed by atoms with E-state index in [4.69, 9.17) is 0 Å². The second-order valence-corrected chi connectivity index (χ2v) is 7.57. The van der Waals surface area contributed by atoms with E-state index in [0.29, 0.717) is 0 Å². The van der Waals surface area contributed by atoms with Crippen LogP contribution in [-0.2, 0) is 13.0 Å². The molecule has 1 aliphatic carbocycles. The maximum Gasteiger partial charge on any atom is 0.103 e. The first kappa shape index (κ1) is 15.7. The summed E-state index contributed by atoms with van der Waals surface area (Å²) in [6.45, 7) is 5.87. The molecule has 2 nitrogen and oxygen atoms in total. The quantitative estimate of drug-likeness (QED) is 0.601. The molecule has 1 aliphatic heterocycles. The number of piperazine rings is 1. The van der Waals surface area contributed by atoms with Crippen LogP contribution < -0.4 is 9.80 Å². The van der Waals surface area contributed by atoms with Gasteiger partial charge in [-0.1, -0.05) is 54.6 Å². The highest BCUT2D eigenvalue weighted by molar-refractivity contribution is 5.76. The van der Waals surface area contributed by atoms with Gasteiger partial charge in [0.25, 0.3) is 0 Å². The lowest BCUT2D eigenvalue weighted by molar-refractivity contribution is -0.914. The summed E-state index contributed by atoms with van der Waals surface area (Å²) < 4.78 is 0. The largest absolute Gasteiger partial charge is 0.360 e. The van der Waals surface area contributed by atoms with Gasteiger partial charge < -0.3 is 9.80 Å². The molecule has 1 fully saturated rings. The Morgan fingerprint density at radius 1 is 0.731 bits per heavy atom. The number of nitrogens with one attached hydrogen (secondary N) is 1. The fourth-order valence-electron chi connectivity index (χ4n) is 4.49. The second-order valence-electron chi connectivity index (χ2n) is 7.57. The van der Waals surface area contributed by atoms with E-state index in [-0.39, 0.29) is 0 Å². The molecule has 5 rings (SSSR count). The second kappa shape index (κ2) is 6.62. The number of hydrogen-bond donors (Lipinski definition) is 1. The van der Waals surface area contributed by atoms with E-state index >= 15 is 0 Å². The maximum absolute atomic E-state index is 2.52. The number of nitrogens with zero attached hydrogens (tertiary/aromatic N) is 1. The van der Waals surface area contributed by atoms with Gasteiger partial charge in [0, 0.05) is 11.3 Å². The lowest BCUT2D eigenvalue weighted by atomic mass is 10.0.